The lowest BCUT2D eigenvalue weighted by Gasteiger charge is -2.33. The maximum absolute atomic E-state index is 12.5. The van der Waals surface area contributed by atoms with E-state index in [1.54, 1.807) is 11.3 Å². The van der Waals surface area contributed by atoms with Crippen molar-refractivity contribution in [2.45, 2.75) is 31.3 Å². The van der Waals surface area contributed by atoms with Crippen molar-refractivity contribution < 1.29 is 4.79 Å². The number of aromatic nitrogens is 1. The molecule has 0 aliphatic carbocycles. The van der Waals surface area contributed by atoms with Crippen LogP contribution < -0.4 is 4.90 Å². The molecule has 1 unspecified atom stereocenters. The molecule has 0 spiro atoms. The number of halogens is 1. The molecule has 5 rings (SSSR count). The molecule has 4 heterocycles. The molecule has 0 bridgehead atoms. The Bertz CT molecular complexity index is 1220. The fraction of sp³-hybridized carbons (Fsp3) is 0.357. The number of likely N-dealkylation sites (N-methyl/N-ethyl adjacent to an activating group) is 1. The molecule has 2 aliphatic rings. The minimum absolute atomic E-state index is 0.0466. The molecule has 0 N–H and O–H groups in total. The van der Waals surface area contributed by atoms with E-state index < -0.39 is 0 Å². The number of carbonyl (C=O) groups excluding carboxylic acids is 1. The van der Waals surface area contributed by atoms with Crippen LogP contribution in [0.4, 0.5) is 5.82 Å². The second-order valence-corrected chi connectivity index (χ2v) is 11.4. The van der Waals surface area contributed by atoms with Crippen LogP contribution in [0.2, 0.25) is 4.34 Å². The minimum atomic E-state index is -0.0495. The summed E-state index contributed by atoms with van der Waals surface area (Å²) < 4.78 is 0.759. The van der Waals surface area contributed by atoms with Crippen molar-refractivity contribution in [1.29, 1.82) is 0 Å². The third-order valence-corrected chi connectivity index (χ3v) is 8.32. The third kappa shape index (κ3) is 4.88. The van der Waals surface area contributed by atoms with E-state index in [1.165, 1.54) is 30.0 Å². The molecule has 3 aromatic rings. The molecule has 2 aromatic heterocycles. The number of rotatable bonds is 6. The number of pyridine rings is 1. The molecule has 0 radical (unpaired) electrons. The topological polar surface area (TPSA) is 39.7 Å². The quantitative estimate of drug-likeness (QED) is 0.405. The lowest BCUT2D eigenvalue weighted by Crippen LogP contribution is -2.37. The highest BCUT2D eigenvalue weighted by Crippen LogP contribution is 2.43. The van der Waals surface area contributed by atoms with Crippen LogP contribution in [0.5, 0.6) is 0 Å². The van der Waals surface area contributed by atoms with E-state index in [0.29, 0.717) is 19.1 Å². The summed E-state index contributed by atoms with van der Waals surface area (Å²) >= 11 is 7.98. The van der Waals surface area contributed by atoms with Gasteiger partial charge in [0.25, 0.3) is 0 Å². The number of benzene rings is 1. The number of thiophene rings is 1. The van der Waals surface area contributed by atoms with Gasteiger partial charge in [0, 0.05) is 48.2 Å². The van der Waals surface area contributed by atoms with Crippen LogP contribution in [-0.2, 0) is 11.3 Å². The van der Waals surface area contributed by atoms with Crippen molar-refractivity contribution in [3.05, 3.63) is 81.7 Å². The Hall–Kier alpha value is -2.67. The molecule has 1 fully saturated rings. The lowest BCUT2D eigenvalue weighted by atomic mass is 9.84. The van der Waals surface area contributed by atoms with E-state index in [-0.39, 0.29) is 11.8 Å². The number of anilines is 1. The van der Waals surface area contributed by atoms with Gasteiger partial charge in [-0.1, -0.05) is 42.4 Å². The zero-order chi connectivity index (χ0) is 24.5. The summed E-state index contributed by atoms with van der Waals surface area (Å²) in [6, 6.07) is 15.4. The first kappa shape index (κ1) is 24.0. The van der Waals surface area contributed by atoms with E-state index in [0.717, 1.165) is 39.2 Å². The smallest absolute Gasteiger partial charge is 0.246 e. The van der Waals surface area contributed by atoms with Gasteiger partial charge in [-0.15, -0.1) is 11.3 Å². The van der Waals surface area contributed by atoms with Crippen molar-refractivity contribution in [1.82, 2.24) is 14.8 Å². The molecule has 1 aromatic carbocycles. The Balaban J connectivity index is 1.48. The van der Waals surface area contributed by atoms with Crippen LogP contribution in [-0.4, -0.2) is 60.5 Å². The highest BCUT2D eigenvalue weighted by atomic mass is 35.5. The van der Waals surface area contributed by atoms with Gasteiger partial charge in [-0.25, -0.2) is 4.98 Å². The second-order valence-electron chi connectivity index (χ2n) is 9.65. The first-order valence-corrected chi connectivity index (χ1v) is 13.3. The maximum Gasteiger partial charge on any atom is 0.246 e. The standard InChI is InChI=1S/C28H31ClN4OS/c1-4-28(34)32-17-24(23-14-26(29)35-25(23)18-32)22-10-6-5-9-21(22)19-11-12-27(30-15-19)33-13-7-8-20(33)16-31(2)3/h4-6,9-12,14-15,20,24H,1,7-8,13,16-18H2,2-3H3/t20?,24-/m1/s1. The number of nitrogens with zero attached hydrogens (tertiary/aromatic N) is 4. The minimum Gasteiger partial charge on any atom is -0.352 e. The Morgan fingerprint density at radius 1 is 1.26 bits per heavy atom. The summed E-state index contributed by atoms with van der Waals surface area (Å²) in [6.07, 6.45) is 5.81. The number of hydrogen-bond acceptors (Lipinski definition) is 5. The molecule has 2 aliphatic heterocycles. The van der Waals surface area contributed by atoms with Gasteiger partial charge in [-0.05, 0) is 67.9 Å². The summed E-state index contributed by atoms with van der Waals surface area (Å²) in [7, 11) is 4.26. The van der Waals surface area contributed by atoms with Crippen molar-refractivity contribution in [3.63, 3.8) is 0 Å². The van der Waals surface area contributed by atoms with Crippen LogP contribution >= 0.6 is 22.9 Å². The molecule has 1 amide bonds. The fourth-order valence-corrected chi connectivity index (χ4v) is 6.83. The van der Waals surface area contributed by atoms with Gasteiger partial charge in [0.15, 0.2) is 0 Å². The van der Waals surface area contributed by atoms with Crippen molar-refractivity contribution in [2.24, 2.45) is 0 Å². The molecule has 0 saturated carbocycles. The molecule has 5 nitrogen and oxygen atoms in total. The van der Waals surface area contributed by atoms with Gasteiger partial charge in [0.1, 0.15) is 5.82 Å². The first-order valence-electron chi connectivity index (χ1n) is 12.1. The zero-order valence-electron chi connectivity index (χ0n) is 20.3. The summed E-state index contributed by atoms with van der Waals surface area (Å²) in [6.45, 7) is 6.97. The monoisotopic (exact) mass is 506 g/mol. The van der Waals surface area contributed by atoms with Gasteiger partial charge in [-0.3, -0.25) is 4.79 Å². The first-order chi connectivity index (χ1) is 16.9. The van der Waals surface area contributed by atoms with Gasteiger partial charge in [0.05, 0.1) is 10.9 Å². The van der Waals surface area contributed by atoms with Crippen molar-refractivity contribution >= 4 is 34.7 Å². The molecule has 1 saturated heterocycles. The summed E-state index contributed by atoms with van der Waals surface area (Å²) in [5.74, 6) is 1.04. The number of fused-ring (bicyclic) bond motifs is 1. The fourth-order valence-electron chi connectivity index (χ4n) is 5.47. The average molecular weight is 507 g/mol. The number of hydrogen-bond donors (Lipinski definition) is 0. The SMILES string of the molecule is C=CC(=O)N1Cc2sc(Cl)cc2[C@@H](c2ccccc2-c2ccc(N3CCCC3CN(C)C)nc2)C1. The molecule has 35 heavy (non-hydrogen) atoms. The molecular formula is C28H31ClN4OS. The van der Waals surface area contributed by atoms with E-state index in [4.69, 9.17) is 16.6 Å². The van der Waals surface area contributed by atoms with Gasteiger partial charge in [-0.2, -0.15) is 0 Å². The highest BCUT2D eigenvalue weighted by Gasteiger charge is 2.32. The summed E-state index contributed by atoms with van der Waals surface area (Å²) in [5.41, 5.74) is 4.63. The molecular weight excluding hydrogens is 476 g/mol. The average Bonchev–Trinajstić information content (AvgIpc) is 3.48. The Kier molecular flexibility index (Phi) is 6.96. The zero-order valence-corrected chi connectivity index (χ0v) is 21.9. The predicted octanol–water partition coefficient (Wildman–Crippen LogP) is 5.65. The molecule has 7 heteroatoms. The van der Waals surface area contributed by atoms with Crippen LogP contribution in [0.15, 0.2) is 61.3 Å². The highest BCUT2D eigenvalue weighted by molar-refractivity contribution is 7.16. The van der Waals surface area contributed by atoms with Crippen LogP contribution in [0, 0.1) is 0 Å². The number of amides is 1. The van der Waals surface area contributed by atoms with Gasteiger partial charge < -0.3 is 14.7 Å². The van der Waals surface area contributed by atoms with Crippen molar-refractivity contribution in [2.75, 3.05) is 38.6 Å². The van der Waals surface area contributed by atoms with E-state index >= 15 is 0 Å². The van der Waals surface area contributed by atoms with E-state index in [9.17, 15) is 4.79 Å². The molecule has 182 valence electrons. The number of carbonyl (C=O) groups is 1. The van der Waals surface area contributed by atoms with Crippen LogP contribution in [0.1, 0.15) is 34.8 Å². The second kappa shape index (κ2) is 10.1. The van der Waals surface area contributed by atoms with Gasteiger partial charge >= 0.3 is 0 Å². The normalized spacial score (nSPS) is 19.8. The van der Waals surface area contributed by atoms with Crippen molar-refractivity contribution in [3.8, 4) is 11.1 Å². The van der Waals surface area contributed by atoms with Crippen LogP contribution in [0.25, 0.3) is 11.1 Å². The summed E-state index contributed by atoms with van der Waals surface area (Å²) in [5, 5.41) is 0. The Morgan fingerprint density at radius 2 is 2.09 bits per heavy atom. The predicted molar refractivity (Wildman–Crippen MR) is 145 cm³/mol. The Morgan fingerprint density at radius 3 is 2.83 bits per heavy atom. The maximum atomic E-state index is 12.5. The lowest BCUT2D eigenvalue weighted by molar-refractivity contribution is -0.127. The third-order valence-electron chi connectivity index (χ3n) is 7.05. The van der Waals surface area contributed by atoms with E-state index in [2.05, 4.69) is 72.9 Å². The largest absolute Gasteiger partial charge is 0.352 e. The Labute approximate surface area is 216 Å². The van der Waals surface area contributed by atoms with E-state index in [1.807, 2.05) is 11.1 Å². The van der Waals surface area contributed by atoms with Gasteiger partial charge in [0.2, 0.25) is 5.91 Å². The van der Waals surface area contributed by atoms with Crippen LogP contribution in [0.3, 0.4) is 0 Å². The summed E-state index contributed by atoms with van der Waals surface area (Å²) in [4.78, 5) is 25.1. The molecule has 2 atom stereocenters.